The van der Waals surface area contributed by atoms with Crippen LogP contribution in [0.25, 0.3) is 0 Å². The number of nitrogens with one attached hydrogen (secondary N) is 1. The van der Waals surface area contributed by atoms with Gasteiger partial charge in [-0.25, -0.2) is 0 Å². The number of non-ortho nitro benzene ring substituents is 1. The third kappa shape index (κ3) is 4.47. The van der Waals surface area contributed by atoms with E-state index in [0.29, 0.717) is 13.1 Å². The zero-order valence-electron chi connectivity index (χ0n) is 9.09. The molecule has 0 unspecified atom stereocenters. The molecular formula is C10H13N3O4. The average Bonchev–Trinajstić information content (AvgIpc) is 2.34. The number of benzene rings is 1. The normalized spacial score (nSPS) is 9.71. The summed E-state index contributed by atoms with van der Waals surface area (Å²) in [4.78, 5) is 21.1. The molecule has 7 nitrogen and oxygen atoms in total. The maximum atomic E-state index is 11.2. The van der Waals surface area contributed by atoms with Crippen LogP contribution in [-0.4, -0.2) is 30.5 Å². The summed E-state index contributed by atoms with van der Waals surface area (Å²) in [6.45, 7) is 0.529. The molecule has 1 amide bonds. The fraction of sp³-hybridized carbons (Fsp3) is 0.300. The van der Waals surface area contributed by atoms with Crippen LogP contribution in [0.4, 0.5) is 5.69 Å². The zero-order chi connectivity index (χ0) is 12.7. The second-order valence-corrected chi connectivity index (χ2v) is 3.18. The first-order chi connectivity index (χ1) is 8.13. The van der Waals surface area contributed by atoms with Crippen molar-refractivity contribution in [3.8, 4) is 5.75 Å². The zero-order valence-corrected chi connectivity index (χ0v) is 9.09. The summed E-state index contributed by atoms with van der Waals surface area (Å²) in [5, 5.41) is 13.0. The van der Waals surface area contributed by atoms with Gasteiger partial charge in [0.05, 0.1) is 11.0 Å². The Morgan fingerprint density at radius 1 is 1.53 bits per heavy atom. The monoisotopic (exact) mass is 239 g/mol. The summed E-state index contributed by atoms with van der Waals surface area (Å²) in [7, 11) is 0. The van der Waals surface area contributed by atoms with Gasteiger partial charge >= 0.3 is 0 Å². The average molecular weight is 239 g/mol. The van der Waals surface area contributed by atoms with Crippen LogP contribution >= 0.6 is 0 Å². The van der Waals surface area contributed by atoms with E-state index in [-0.39, 0.29) is 24.0 Å². The SMILES string of the molecule is NCCNC(=O)COc1cccc([N+](=O)[O-])c1. The molecule has 0 heterocycles. The summed E-state index contributed by atoms with van der Waals surface area (Å²) < 4.78 is 5.10. The predicted molar refractivity (Wildman–Crippen MR) is 60.7 cm³/mol. The van der Waals surface area contributed by atoms with E-state index in [1.54, 1.807) is 6.07 Å². The summed E-state index contributed by atoms with van der Waals surface area (Å²) in [5.41, 5.74) is 5.13. The maximum Gasteiger partial charge on any atom is 0.273 e. The van der Waals surface area contributed by atoms with E-state index in [1.165, 1.54) is 18.2 Å². The lowest BCUT2D eigenvalue weighted by molar-refractivity contribution is -0.384. The molecule has 0 aliphatic carbocycles. The standard InChI is InChI=1S/C10H13N3O4/c11-4-5-12-10(14)7-17-9-3-1-2-8(6-9)13(15)16/h1-3,6H,4-5,7,11H2,(H,12,14). The predicted octanol–water partition coefficient (Wildman–Crippen LogP) is 0.0485. The van der Waals surface area contributed by atoms with Crippen molar-refractivity contribution in [1.82, 2.24) is 5.32 Å². The summed E-state index contributed by atoms with van der Waals surface area (Å²) in [6.07, 6.45) is 0. The highest BCUT2D eigenvalue weighted by Crippen LogP contribution is 2.18. The molecule has 3 N–H and O–H groups in total. The number of carbonyl (C=O) groups is 1. The number of nitrogens with zero attached hydrogens (tertiary/aromatic N) is 1. The Labute approximate surface area is 97.7 Å². The molecule has 17 heavy (non-hydrogen) atoms. The number of nitrogens with two attached hydrogens (primary N) is 1. The minimum absolute atomic E-state index is 0.0788. The number of nitro groups is 1. The van der Waals surface area contributed by atoms with E-state index in [9.17, 15) is 14.9 Å². The molecule has 0 saturated heterocycles. The topological polar surface area (TPSA) is 107 Å². The summed E-state index contributed by atoms with van der Waals surface area (Å²) in [5.74, 6) is -0.0379. The molecule has 1 rings (SSSR count). The van der Waals surface area contributed by atoms with E-state index in [4.69, 9.17) is 10.5 Å². The molecule has 0 saturated carbocycles. The third-order valence-corrected chi connectivity index (χ3v) is 1.86. The van der Waals surface area contributed by atoms with Gasteiger partial charge in [-0.15, -0.1) is 0 Å². The lowest BCUT2D eigenvalue weighted by Crippen LogP contribution is -2.32. The van der Waals surface area contributed by atoms with Crippen molar-refractivity contribution in [2.75, 3.05) is 19.7 Å². The smallest absolute Gasteiger partial charge is 0.273 e. The van der Waals surface area contributed by atoms with Crippen molar-refractivity contribution in [1.29, 1.82) is 0 Å². The fourth-order valence-corrected chi connectivity index (χ4v) is 1.10. The molecule has 0 aliphatic rings. The molecule has 92 valence electrons. The van der Waals surface area contributed by atoms with Crippen molar-refractivity contribution in [2.45, 2.75) is 0 Å². The number of rotatable bonds is 6. The first-order valence-electron chi connectivity index (χ1n) is 4.97. The van der Waals surface area contributed by atoms with E-state index in [1.807, 2.05) is 0 Å². The van der Waals surface area contributed by atoms with Gasteiger partial charge in [0.25, 0.3) is 11.6 Å². The van der Waals surface area contributed by atoms with Crippen molar-refractivity contribution >= 4 is 11.6 Å². The molecular weight excluding hydrogens is 226 g/mol. The molecule has 0 aliphatic heterocycles. The van der Waals surface area contributed by atoms with Gasteiger partial charge in [-0.2, -0.15) is 0 Å². The molecule has 0 atom stereocenters. The Hall–Kier alpha value is -2.15. The van der Waals surface area contributed by atoms with Crippen molar-refractivity contribution in [2.24, 2.45) is 5.73 Å². The number of carbonyl (C=O) groups excluding carboxylic acids is 1. The van der Waals surface area contributed by atoms with Crippen molar-refractivity contribution in [3.63, 3.8) is 0 Å². The van der Waals surface area contributed by atoms with Crippen LogP contribution < -0.4 is 15.8 Å². The largest absolute Gasteiger partial charge is 0.484 e. The Kier molecular flexibility index (Phi) is 4.89. The molecule has 0 aromatic heterocycles. The molecule has 7 heteroatoms. The van der Waals surface area contributed by atoms with Gasteiger partial charge < -0.3 is 15.8 Å². The van der Waals surface area contributed by atoms with E-state index in [2.05, 4.69) is 5.32 Å². The Balaban J connectivity index is 2.49. The van der Waals surface area contributed by atoms with Crippen LogP contribution in [-0.2, 0) is 4.79 Å². The molecule has 0 radical (unpaired) electrons. The molecule has 1 aromatic rings. The van der Waals surface area contributed by atoms with Gasteiger partial charge in [-0.1, -0.05) is 6.07 Å². The van der Waals surface area contributed by atoms with Gasteiger partial charge in [-0.3, -0.25) is 14.9 Å². The van der Waals surface area contributed by atoms with Crippen LogP contribution in [0.15, 0.2) is 24.3 Å². The highest BCUT2D eigenvalue weighted by atomic mass is 16.6. The minimum atomic E-state index is -0.526. The van der Waals surface area contributed by atoms with Gasteiger partial charge in [-0.05, 0) is 6.07 Å². The van der Waals surface area contributed by atoms with Crippen molar-refractivity contribution < 1.29 is 14.5 Å². The summed E-state index contributed by atoms with van der Waals surface area (Å²) >= 11 is 0. The minimum Gasteiger partial charge on any atom is -0.484 e. The highest BCUT2D eigenvalue weighted by molar-refractivity contribution is 5.77. The maximum absolute atomic E-state index is 11.2. The number of hydrogen-bond acceptors (Lipinski definition) is 5. The van der Waals surface area contributed by atoms with Crippen LogP contribution in [0, 0.1) is 10.1 Å². The number of hydrogen-bond donors (Lipinski definition) is 2. The second-order valence-electron chi connectivity index (χ2n) is 3.18. The number of amides is 1. The molecule has 0 fully saturated rings. The van der Waals surface area contributed by atoms with Gasteiger partial charge in [0, 0.05) is 19.2 Å². The van der Waals surface area contributed by atoms with Crippen LogP contribution in [0.2, 0.25) is 0 Å². The van der Waals surface area contributed by atoms with Crippen LogP contribution in [0.5, 0.6) is 5.75 Å². The number of nitro benzene ring substituents is 1. The van der Waals surface area contributed by atoms with Gasteiger partial charge in [0.2, 0.25) is 0 Å². The van der Waals surface area contributed by atoms with E-state index < -0.39 is 4.92 Å². The number of ether oxygens (including phenoxy) is 1. The highest BCUT2D eigenvalue weighted by Gasteiger charge is 2.07. The Morgan fingerprint density at radius 3 is 2.94 bits per heavy atom. The first-order valence-corrected chi connectivity index (χ1v) is 4.97. The lowest BCUT2D eigenvalue weighted by atomic mass is 10.3. The van der Waals surface area contributed by atoms with E-state index >= 15 is 0 Å². The first kappa shape index (κ1) is 12.9. The van der Waals surface area contributed by atoms with E-state index in [0.717, 1.165) is 0 Å². The molecule has 1 aromatic carbocycles. The molecule has 0 bridgehead atoms. The Bertz CT molecular complexity index is 408. The van der Waals surface area contributed by atoms with Gasteiger partial charge in [0.1, 0.15) is 5.75 Å². The fourth-order valence-electron chi connectivity index (χ4n) is 1.10. The quantitative estimate of drug-likeness (QED) is 0.538. The van der Waals surface area contributed by atoms with Crippen LogP contribution in [0.1, 0.15) is 0 Å². The second kappa shape index (κ2) is 6.44. The summed E-state index contributed by atoms with van der Waals surface area (Å²) in [6, 6.07) is 5.64. The lowest BCUT2D eigenvalue weighted by Gasteiger charge is -2.06. The van der Waals surface area contributed by atoms with Gasteiger partial charge in [0.15, 0.2) is 6.61 Å². The van der Waals surface area contributed by atoms with Crippen LogP contribution in [0.3, 0.4) is 0 Å². The van der Waals surface area contributed by atoms with Crippen molar-refractivity contribution in [3.05, 3.63) is 34.4 Å². The Morgan fingerprint density at radius 2 is 2.29 bits per heavy atom. The third-order valence-electron chi connectivity index (χ3n) is 1.86. The molecule has 0 spiro atoms.